The molecular weight excluding hydrogens is 782 g/mol. The van der Waals surface area contributed by atoms with Crippen LogP contribution in [-0.4, -0.2) is 101 Å². The predicted molar refractivity (Wildman–Crippen MR) is 220 cm³/mol. The molecule has 0 spiro atoms. The van der Waals surface area contributed by atoms with Crippen molar-refractivity contribution in [3.8, 4) is 17.1 Å². The Morgan fingerprint density at radius 3 is 2.53 bits per heavy atom. The van der Waals surface area contributed by atoms with Gasteiger partial charge in [0, 0.05) is 38.0 Å². The molecule has 5 atom stereocenters. The molecule has 2 fully saturated rings. The van der Waals surface area contributed by atoms with Crippen molar-refractivity contribution in [1.82, 2.24) is 34.1 Å². The Kier molecular flexibility index (Phi) is 12.5. The number of hydrogen-bond donors (Lipinski definition) is 3. The third-order valence-corrected chi connectivity index (χ3v) is 12.3. The highest BCUT2D eigenvalue weighted by Crippen LogP contribution is 2.46. The first kappa shape index (κ1) is 43.5. The number of aromatic nitrogens is 2. The van der Waals surface area contributed by atoms with Gasteiger partial charge in [-0.3, -0.25) is 19.0 Å². The number of allylic oxidation sites excluding steroid dienone is 1. The smallest absolute Gasteiger partial charge is 0.408 e. The molecule has 17 heteroatoms. The summed E-state index contributed by atoms with van der Waals surface area (Å²) in [6.07, 6.45) is 5.35. The number of benzene rings is 2. The minimum atomic E-state index is -4.20. The van der Waals surface area contributed by atoms with Gasteiger partial charge in [0.25, 0.3) is 11.9 Å². The molecular formula is C42H56FN7O8S. The van der Waals surface area contributed by atoms with Crippen LogP contribution in [0.5, 0.6) is 6.01 Å². The number of halogens is 1. The molecule has 4 amide bonds. The van der Waals surface area contributed by atoms with Crippen molar-refractivity contribution in [3.05, 3.63) is 59.9 Å². The molecule has 1 saturated heterocycles. The summed E-state index contributed by atoms with van der Waals surface area (Å²) in [7, 11) is -1.63. The summed E-state index contributed by atoms with van der Waals surface area (Å²) in [5, 5.41) is 5.59. The van der Waals surface area contributed by atoms with Crippen LogP contribution < -0.4 is 20.1 Å². The number of nitrogens with zero attached hydrogens (tertiary/aromatic N) is 4. The second-order valence-corrected chi connectivity index (χ2v) is 19.2. The monoisotopic (exact) mass is 837 g/mol. The molecule has 0 radical (unpaired) electrons. The second kappa shape index (κ2) is 16.9. The van der Waals surface area contributed by atoms with E-state index in [4.69, 9.17) is 14.5 Å². The lowest BCUT2D eigenvalue weighted by molar-refractivity contribution is -0.141. The summed E-state index contributed by atoms with van der Waals surface area (Å²) in [5.74, 6) is -2.96. The number of hydrogen-bond acceptors (Lipinski definition) is 9. The van der Waals surface area contributed by atoms with Crippen molar-refractivity contribution in [1.29, 1.82) is 0 Å². The Bertz CT molecular complexity index is 2230. The molecule has 2 aliphatic heterocycles. The quantitative estimate of drug-likeness (QED) is 0.254. The first-order valence-corrected chi connectivity index (χ1v) is 21.6. The number of nitrogens with one attached hydrogen (secondary N) is 3. The van der Waals surface area contributed by atoms with E-state index in [1.54, 1.807) is 20.8 Å². The van der Waals surface area contributed by atoms with Crippen LogP contribution in [0.15, 0.2) is 48.6 Å². The van der Waals surface area contributed by atoms with Crippen LogP contribution in [0, 0.1) is 18.7 Å². The zero-order valence-corrected chi connectivity index (χ0v) is 35.8. The Balaban J connectivity index is 1.37. The van der Waals surface area contributed by atoms with Crippen molar-refractivity contribution in [2.24, 2.45) is 5.92 Å². The van der Waals surface area contributed by atoms with Crippen molar-refractivity contribution in [2.45, 2.75) is 122 Å². The number of aryl methyl sites for hydroxylation is 1. The Labute approximate surface area is 345 Å². The molecule has 15 nitrogen and oxygen atoms in total. The highest BCUT2D eigenvalue weighted by Gasteiger charge is 2.62. The van der Waals surface area contributed by atoms with E-state index in [-0.39, 0.29) is 43.7 Å². The maximum absolute atomic E-state index is 14.6. The lowest BCUT2D eigenvalue weighted by Crippen LogP contribution is -2.58. The van der Waals surface area contributed by atoms with Gasteiger partial charge in [-0.25, -0.2) is 13.9 Å². The zero-order chi connectivity index (χ0) is 43.0. The fraction of sp³-hybridized carbons (Fsp3) is 0.548. The number of carbonyl (C=O) groups excluding carboxylic acids is 4. The third-order valence-electron chi connectivity index (χ3n) is 10.9. The molecule has 3 N–H and O–H groups in total. The predicted octanol–water partition coefficient (Wildman–Crippen LogP) is 5.29. The summed E-state index contributed by atoms with van der Waals surface area (Å²) in [5.41, 5.74) is 1.00. The van der Waals surface area contributed by atoms with Gasteiger partial charge in [-0.15, -0.1) is 0 Å². The molecule has 1 aromatic heterocycles. The minimum Gasteiger partial charge on any atom is -0.459 e. The van der Waals surface area contributed by atoms with Crippen LogP contribution in [0.4, 0.5) is 9.18 Å². The molecule has 320 valence electrons. The summed E-state index contributed by atoms with van der Waals surface area (Å²) in [4.78, 5) is 62.3. The van der Waals surface area contributed by atoms with E-state index in [0.29, 0.717) is 29.5 Å². The molecule has 3 heterocycles. The van der Waals surface area contributed by atoms with Crippen molar-refractivity contribution >= 4 is 45.1 Å². The molecule has 5 unspecified atom stereocenters. The van der Waals surface area contributed by atoms with E-state index in [2.05, 4.69) is 15.4 Å². The maximum Gasteiger partial charge on any atom is 0.408 e. The van der Waals surface area contributed by atoms with Gasteiger partial charge < -0.3 is 25.0 Å². The number of amides is 4. The average molecular weight is 838 g/mol. The normalized spacial score (nSPS) is 24.2. The number of para-hydroxylation sites is 1. The largest absolute Gasteiger partial charge is 0.459 e. The van der Waals surface area contributed by atoms with Crippen molar-refractivity contribution in [3.63, 3.8) is 0 Å². The van der Waals surface area contributed by atoms with Crippen molar-refractivity contribution < 1.29 is 41.5 Å². The zero-order valence-electron chi connectivity index (χ0n) is 35.0. The first-order chi connectivity index (χ1) is 27.7. The van der Waals surface area contributed by atoms with Crippen LogP contribution in [0.2, 0.25) is 0 Å². The van der Waals surface area contributed by atoms with E-state index in [1.165, 1.54) is 31.1 Å². The fourth-order valence-electron chi connectivity index (χ4n) is 7.87. The van der Waals surface area contributed by atoms with Crippen LogP contribution in [0.3, 0.4) is 0 Å². The van der Waals surface area contributed by atoms with Gasteiger partial charge in [0.1, 0.15) is 40.7 Å². The Morgan fingerprint density at radius 1 is 1.10 bits per heavy atom. The lowest BCUT2D eigenvalue weighted by Gasteiger charge is -2.30. The van der Waals surface area contributed by atoms with E-state index in [9.17, 15) is 32.0 Å². The molecule has 3 aliphatic rings. The minimum absolute atomic E-state index is 0.0117. The highest BCUT2D eigenvalue weighted by molar-refractivity contribution is 7.87. The number of imidazole rings is 1. The molecule has 2 aromatic carbocycles. The topological polar surface area (TPSA) is 181 Å². The second-order valence-electron chi connectivity index (χ2n) is 17.3. The first-order valence-electron chi connectivity index (χ1n) is 20.2. The van der Waals surface area contributed by atoms with Crippen LogP contribution in [0.25, 0.3) is 22.2 Å². The van der Waals surface area contributed by atoms with Gasteiger partial charge in [-0.05, 0) is 96.6 Å². The number of fused-ring (bicyclic) bond motifs is 3. The molecule has 0 bridgehead atoms. The fourth-order valence-corrected chi connectivity index (χ4v) is 8.47. The van der Waals surface area contributed by atoms with Gasteiger partial charge in [-0.1, -0.05) is 43.2 Å². The van der Waals surface area contributed by atoms with Gasteiger partial charge in [0.05, 0.1) is 12.1 Å². The summed E-state index contributed by atoms with van der Waals surface area (Å²) in [6, 6.07) is 8.27. The number of alkyl carbamates (subject to hydrolysis) is 1. The molecule has 6 rings (SSSR count). The molecule has 3 aromatic rings. The van der Waals surface area contributed by atoms with Gasteiger partial charge in [-0.2, -0.15) is 17.7 Å². The van der Waals surface area contributed by atoms with Crippen LogP contribution >= 0.6 is 0 Å². The molecule has 1 aliphatic carbocycles. The van der Waals surface area contributed by atoms with Gasteiger partial charge >= 0.3 is 16.3 Å². The Morgan fingerprint density at radius 2 is 1.85 bits per heavy atom. The summed E-state index contributed by atoms with van der Waals surface area (Å²) in [6.45, 7) is 10.8. The third kappa shape index (κ3) is 9.72. The number of ether oxygens (including phenoxy) is 2. The maximum atomic E-state index is 14.6. The summed E-state index contributed by atoms with van der Waals surface area (Å²) >= 11 is 0. The highest BCUT2D eigenvalue weighted by atomic mass is 32.2. The average Bonchev–Trinajstić information content (AvgIpc) is 3.45. The standard InChI is InChI=1S/C42H56FN7O8S/c1-25(2)50-33-18-14-16-31(27-19-26(3)20-29(43)21-27)35(33)45-39(50)57-30-22-34-36(51)46-42(38(53)47-59(55,56)48(7)8)23-28(42)15-12-10-9-11-13-17-32(37(52)49(34)24-30)44-40(54)58-41(4,5)6/h12,14-16,18-21,25,28,30,32,34H,9-11,13,17,22-24H2,1-8H3,(H,44,54)(H,46,51)(H,47,53). The van der Waals surface area contributed by atoms with Gasteiger partial charge in [0.15, 0.2) is 0 Å². The van der Waals surface area contributed by atoms with Crippen LogP contribution in [0.1, 0.15) is 91.2 Å². The van der Waals surface area contributed by atoms with Crippen LogP contribution in [-0.2, 0) is 29.3 Å². The van der Waals surface area contributed by atoms with Crippen molar-refractivity contribution in [2.75, 3.05) is 20.6 Å². The van der Waals surface area contributed by atoms with Gasteiger partial charge in [0.2, 0.25) is 11.8 Å². The van der Waals surface area contributed by atoms with E-state index in [1.807, 2.05) is 61.8 Å². The lowest BCUT2D eigenvalue weighted by atomic mass is 10.0. The van der Waals surface area contributed by atoms with E-state index < -0.39 is 69.3 Å². The molecule has 1 saturated carbocycles. The number of carbonyl (C=O) groups is 4. The Hall–Kier alpha value is -5.03. The summed E-state index contributed by atoms with van der Waals surface area (Å²) < 4.78 is 57.2. The molecule has 59 heavy (non-hydrogen) atoms. The SMILES string of the molecule is Cc1cc(F)cc(-c2cccc3c2nc(OC2CC4C(=O)NC5(C(=O)NS(=O)(=O)N(C)C)CC5C=CCCCCCC(NC(=O)OC(C)(C)C)C(=O)N4C2)n3C(C)C)c1. The van der Waals surface area contributed by atoms with E-state index in [0.717, 1.165) is 28.2 Å². The number of rotatable bonds is 8. The van der Waals surface area contributed by atoms with E-state index >= 15 is 0 Å².